The second-order valence-corrected chi connectivity index (χ2v) is 6.98. The lowest BCUT2D eigenvalue weighted by atomic mass is 10.2. The van der Waals surface area contributed by atoms with E-state index >= 15 is 0 Å². The average Bonchev–Trinajstić information content (AvgIpc) is 3.26. The van der Waals surface area contributed by atoms with Gasteiger partial charge in [0.25, 0.3) is 5.56 Å². The highest BCUT2D eigenvalue weighted by atomic mass is 16.5. The van der Waals surface area contributed by atoms with Crippen LogP contribution in [-0.4, -0.2) is 37.0 Å². The zero-order valence-corrected chi connectivity index (χ0v) is 16.8. The quantitative estimate of drug-likeness (QED) is 0.632. The maximum atomic E-state index is 13.2. The molecule has 0 atom stereocenters. The van der Waals surface area contributed by atoms with E-state index in [1.807, 2.05) is 24.3 Å². The maximum absolute atomic E-state index is 13.2. The summed E-state index contributed by atoms with van der Waals surface area (Å²) in [6, 6.07) is 9.12. The summed E-state index contributed by atoms with van der Waals surface area (Å²) in [7, 11) is 4.54. The van der Waals surface area contributed by atoms with Gasteiger partial charge in [-0.3, -0.25) is 9.36 Å². The molecule has 7 nitrogen and oxygen atoms in total. The smallest absolute Gasteiger partial charge is 0.266 e. The minimum absolute atomic E-state index is 0.223. The first kappa shape index (κ1) is 19.1. The third-order valence-corrected chi connectivity index (χ3v) is 5.28. The Morgan fingerprint density at radius 2 is 1.66 bits per heavy atom. The van der Waals surface area contributed by atoms with E-state index < -0.39 is 0 Å². The van der Waals surface area contributed by atoms with Gasteiger partial charge < -0.3 is 18.9 Å². The molecule has 1 fully saturated rings. The average molecular weight is 396 g/mol. The summed E-state index contributed by atoms with van der Waals surface area (Å²) in [6.07, 6.45) is 6.43. The van der Waals surface area contributed by atoms with Crippen LogP contribution >= 0.6 is 0 Å². The van der Waals surface area contributed by atoms with Crippen molar-refractivity contribution in [3.8, 4) is 28.7 Å². The van der Waals surface area contributed by atoms with Gasteiger partial charge in [-0.25, -0.2) is 4.98 Å². The molecular formula is C22H24N2O5. The molecule has 4 rings (SSSR count). The van der Waals surface area contributed by atoms with Crippen LogP contribution in [0.5, 0.6) is 23.0 Å². The van der Waals surface area contributed by atoms with Crippen molar-refractivity contribution in [1.29, 1.82) is 0 Å². The van der Waals surface area contributed by atoms with Crippen LogP contribution in [0, 0.1) is 0 Å². The Hall–Kier alpha value is -3.22. The molecule has 0 radical (unpaired) electrons. The Labute approximate surface area is 168 Å². The molecule has 0 aliphatic heterocycles. The lowest BCUT2D eigenvalue weighted by Gasteiger charge is -2.15. The molecule has 152 valence electrons. The first-order valence-electron chi connectivity index (χ1n) is 9.63. The van der Waals surface area contributed by atoms with Crippen LogP contribution in [0.2, 0.25) is 0 Å². The van der Waals surface area contributed by atoms with Crippen molar-refractivity contribution in [3.05, 3.63) is 47.0 Å². The van der Waals surface area contributed by atoms with Crippen LogP contribution in [0.4, 0.5) is 0 Å². The molecule has 1 heterocycles. The zero-order chi connectivity index (χ0) is 20.4. The number of benzene rings is 2. The number of rotatable bonds is 6. The molecule has 2 aromatic carbocycles. The van der Waals surface area contributed by atoms with Gasteiger partial charge >= 0.3 is 0 Å². The molecule has 1 saturated carbocycles. The highest BCUT2D eigenvalue weighted by molar-refractivity contribution is 5.89. The Balaban J connectivity index is 1.74. The summed E-state index contributed by atoms with van der Waals surface area (Å²) in [5.41, 5.74) is 0.906. The summed E-state index contributed by atoms with van der Waals surface area (Å²) >= 11 is 0. The standard InChI is InChI=1S/C22H24N2O5/c1-26-18-12-17-19(21(28-3)20(18)27-2)23-13-24(22(17)25)14-8-10-16(11-9-14)29-15-6-4-5-7-15/h8-13,15H,4-7H2,1-3H3. The number of fused-ring (bicyclic) bond motifs is 1. The van der Waals surface area contributed by atoms with Gasteiger partial charge in [0.05, 0.1) is 38.5 Å². The molecule has 7 heteroatoms. The van der Waals surface area contributed by atoms with E-state index in [-0.39, 0.29) is 5.56 Å². The highest BCUT2D eigenvalue weighted by Crippen LogP contribution is 2.41. The van der Waals surface area contributed by atoms with E-state index in [0.717, 1.165) is 18.6 Å². The fourth-order valence-corrected chi connectivity index (χ4v) is 3.80. The molecule has 1 aliphatic carbocycles. The van der Waals surface area contributed by atoms with E-state index in [0.29, 0.717) is 39.9 Å². The van der Waals surface area contributed by atoms with Gasteiger partial charge in [0.2, 0.25) is 5.75 Å². The van der Waals surface area contributed by atoms with Gasteiger partial charge in [0, 0.05) is 0 Å². The normalized spacial score (nSPS) is 14.2. The van der Waals surface area contributed by atoms with Gasteiger partial charge in [0.1, 0.15) is 17.6 Å². The van der Waals surface area contributed by atoms with E-state index in [1.54, 1.807) is 6.07 Å². The molecule has 0 N–H and O–H groups in total. The number of nitrogens with zero attached hydrogens (tertiary/aromatic N) is 2. The molecule has 0 unspecified atom stereocenters. The molecule has 1 aliphatic rings. The van der Waals surface area contributed by atoms with Gasteiger partial charge in [0.15, 0.2) is 11.5 Å². The van der Waals surface area contributed by atoms with Crippen molar-refractivity contribution in [1.82, 2.24) is 9.55 Å². The van der Waals surface area contributed by atoms with E-state index in [9.17, 15) is 4.79 Å². The summed E-state index contributed by atoms with van der Waals surface area (Å²) < 4.78 is 23.7. The van der Waals surface area contributed by atoms with Crippen LogP contribution in [0.15, 0.2) is 41.5 Å². The molecule has 0 amide bonds. The zero-order valence-electron chi connectivity index (χ0n) is 16.8. The maximum Gasteiger partial charge on any atom is 0.266 e. The largest absolute Gasteiger partial charge is 0.493 e. The molecule has 1 aromatic heterocycles. The minimum atomic E-state index is -0.223. The van der Waals surface area contributed by atoms with E-state index in [4.69, 9.17) is 18.9 Å². The predicted molar refractivity (Wildman–Crippen MR) is 110 cm³/mol. The highest BCUT2D eigenvalue weighted by Gasteiger charge is 2.20. The summed E-state index contributed by atoms with van der Waals surface area (Å²) in [5, 5.41) is 0.383. The molecular weight excluding hydrogens is 372 g/mol. The van der Waals surface area contributed by atoms with Gasteiger partial charge in [-0.15, -0.1) is 0 Å². The third kappa shape index (κ3) is 3.48. The molecule has 0 spiro atoms. The lowest BCUT2D eigenvalue weighted by Crippen LogP contribution is -2.19. The van der Waals surface area contributed by atoms with Gasteiger partial charge in [-0.1, -0.05) is 0 Å². The first-order valence-corrected chi connectivity index (χ1v) is 9.63. The second-order valence-electron chi connectivity index (χ2n) is 6.98. The Morgan fingerprint density at radius 3 is 2.28 bits per heavy atom. The van der Waals surface area contributed by atoms with Crippen molar-refractivity contribution < 1.29 is 18.9 Å². The van der Waals surface area contributed by atoms with Crippen LogP contribution < -0.4 is 24.5 Å². The van der Waals surface area contributed by atoms with E-state index in [1.165, 1.54) is 45.1 Å². The van der Waals surface area contributed by atoms with Crippen LogP contribution in [0.25, 0.3) is 16.6 Å². The van der Waals surface area contributed by atoms with Crippen molar-refractivity contribution in [2.45, 2.75) is 31.8 Å². The lowest BCUT2D eigenvalue weighted by molar-refractivity contribution is 0.210. The minimum Gasteiger partial charge on any atom is -0.493 e. The van der Waals surface area contributed by atoms with Crippen LogP contribution in [0.1, 0.15) is 25.7 Å². The van der Waals surface area contributed by atoms with Crippen LogP contribution in [-0.2, 0) is 0 Å². The first-order chi connectivity index (χ1) is 14.2. The van der Waals surface area contributed by atoms with Gasteiger partial charge in [-0.2, -0.15) is 0 Å². The summed E-state index contributed by atoms with van der Waals surface area (Å²) in [4.78, 5) is 17.6. The Bertz CT molecular complexity index is 1070. The molecule has 29 heavy (non-hydrogen) atoms. The monoisotopic (exact) mass is 396 g/mol. The second kappa shape index (κ2) is 8.03. The van der Waals surface area contributed by atoms with Crippen molar-refractivity contribution in [2.75, 3.05) is 21.3 Å². The molecule has 0 saturated heterocycles. The molecule has 3 aromatic rings. The topological polar surface area (TPSA) is 71.8 Å². The number of hydrogen-bond acceptors (Lipinski definition) is 6. The van der Waals surface area contributed by atoms with Crippen molar-refractivity contribution >= 4 is 10.9 Å². The SMILES string of the molecule is COc1cc2c(=O)n(-c3ccc(OC4CCCC4)cc3)cnc2c(OC)c1OC. The number of hydrogen-bond donors (Lipinski definition) is 0. The summed E-state index contributed by atoms with van der Waals surface area (Å²) in [6.45, 7) is 0. The summed E-state index contributed by atoms with van der Waals surface area (Å²) in [5.74, 6) is 2.00. The number of aromatic nitrogens is 2. The fourth-order valence-electron chi connectivity index (χ4n) is 3.80. The predicted octanol–water partition coefficient (Wildman–Crippen LogP) is 3.73. The third-order valence-electron chi connectivity index (χ3n) is 5.28. The van der Waals surface area contributed by atoms with Crippen molar-refractivity contribution in [3.63, 3.8) is 0 Å². The Kier molecular flexibility index (Phi) is 5.29. The van der Waals surface area contributed by atoms with Crippen molar-refractivity contribution in [2.24, 2.45) is 0 Å². The number of methoxy groups -OCH3 is 3. The fraction of sp³-hybridized carbons (Fsp3) is 0.364. The van der Waals surface area contributed by atoms with Crippen LogP contribution in [0.3, 0.4) is 0 Å². The van der Waals surface area contributed by atoms with E-state index in [2.05, 4.69) is 4.98 Å². The Morgan fingerprint density at radius 1 is 0.966 bits per heavy atom. The molecule has 0 bridgehead atoms. The van der Waals surface area contributed by atoms with Gasteiger partial charge in [-0.05, 0) is 56.0 Å². The number of ether oxygens (including phenoxy) is 4.